The highest BCUT2D eigenvalue weighted by atomic mass is 79.9. The molecule has 0 fully saturated rings. The number of halogens is 2. The molecule has 1 aromatic heterocycles. The molecule has 0 saturated carbocycles. The third kappa shape index (κ3) is 1.23. The van der Waals surface area contributed by atoms with Crippen LogP contribution in [0.25, 0.3) is 0 Å². The quantitative estimate of drug-likeness (QED) is 0.632. The lowest BCUT2D eigenvalue weighted by molar-refractivity contribution is 0.680. The highest BCUT2D eigenvalue weighted by Crippen LogP contribution is 2.14. The summed E-state index contributed by atoms with van der Waals surface area (Å²) in [6.45, 7) is 0. The Bertz CT molecular complexity index is 397. The van der Waals surface area contributed by atoms with Gasteiger partial charge in [0.05, 0.1) is 0 Å². The second-order valence-electron chi connectivity index (χ2n) is 2.31. The van der Waals surface area contributed by atoms with E-state index < -0.39 is 11.2 Å². The SMILES string of the molecule is Cn1c(Cl)c(Br)c(=O)n(C)c1=O. The summed E-state index contributed by atoms with van der Waals surface area (Å²) >= 11 is 8.65. The van der Waals surface area contributed by atoms with Crippen LogP contribution in [0.3, 0.4) is 0 Å². The van der Waals surface area contributed by atoms with E-state index in [0.717, 1.165) is 4.57 Å². The predicted molar refractivity (Wildman–Crippen MR) is 49.6 cm³/mol. The van der Waals surface area contributed by atoms with Crippen LogP contribution in [0.15, 0.2) is 14.1 Å². The normalized spacial score (nSPS) is 10.3. The predicted octanol–water partition coefficient (Wildman–Crippen LogP) is 0.500. The molecule has 0 spiro atoms. The molecular weight excluding hydrogens is 247 g/mol. The van der Waals surface area contributed by atoms with Gasteiger partial charge in [-0.25, -0.2) is 4.79 Å². The number of rotatable bonds is 0. The van der Waals surface area contributed by atoms with Crippen molar-refractivity contribution >= 4 is 27.5 Å². The minimum atomic E-state index is -0.437. The number of aromatic nitrogens is 2. The van der Waals surface area contributed by atoms with E-state index in [-0.39, 0.29) is 9.63 Å². The van der Waals surface area contributed by atoms with E-state index in [1.807, 2.05) is 0 Å². The molecule has 1 heterocycles. The molecular formula is C6H6BrClN2O2. The summed E-state index contributed by atoms with van der Waals surface area (Å²) in [7, 11) is 2.89. The van der Waals surface area contributed by atoms with Gasteiger partial charge in [-0.1, -0.05) is 11.6 Å². The lowest BCUT2D eigenvalue weighted by Crippen LogP contribution is -2.37. The first kappa shape index (κ1) is 9.54. The van der Waals surface area contributed by atoms with Gasteiger partial charge in [-0.3, -0.25) is 13.9 Å². The van der Waals surface area contributed by atoms with E-state index in [4.69, 9.17) is 11.6 Å². The third-order valence-electron chi connectivity index (χ3n) is 1.54. The fourth-order valence-electron chi connectivity index (χ4n) is 0.779. The molecule has 6 heteroatoms. The molecule has 0 aliphatic carbocycles. The van der Waals surface area contributed by atoms with Crippen molar-refractivity contribution in [2.75, 3.05) is 0 Å². The summed E-state index contributed by atoms with van der Waals surface area (Å²) in [5.74, 6) is 0. The van der Waals surface area contributed by atoms with Gasteiger partial charge in [0, 0.05) is 14.1 Å². The third-order valence-corrected chi connectivity index (χ3v) is 2.93. The van der Waals surface area contributed by atoms with E-state index in [9.17, 15) is 9.59 Å². The molecule has 0 bridgehead atoms. The molecule has 0 aliphatic rings. The van der Waals surface area contributed by atoms with Crippen molar-refractivity contribution in [1.29, 1.82) is 0 Å². The van der Waals surface area contributed by atoms with Gasteiger partial charge in [0.25, 0.3) is 5.56 Å². The van der Waals surface area contributed by atoms with Crippen molar-refractivity contribution in [3.63, 3.8) is 0 Å². The van der Waals surface area contributed by atoms with Crippen molar-refractivity contribution in [2.45, 2.75) is 0 Å². The number of hydrogen-bond donors (Lipinski definition) is 0. The van der Waals surface area contributed by atoms with Gasteiger partial charge in [0.2, 0.25) is 0 Å². The molecule has 0 amide bonds. The van der Waals surface area contributed by atoms with Crippen LogP contribution in [0, 0.1) is 0 Å². The van der Waals surface area contributed by atoms with Gasteiger partial charge in [-0.2, -0.15) is 0 Å². The first-order chi connectivity index (χ1) is 5.46. The van der Waals surface area contributed by atoms with Crippen LogP contribution in [0.5, 0.6) is 0 Å². The molecule has 66 valence electrons. The van der Waals surface area contributed by atoms with E-state index in [2.05, 4.69) is 15.9 Å². The van der Waals surface area contributed by atoms with Crippen LogP contribution < -0.4 is 11.2 Å². The van der Waals surface area contributed by atoms with E-state index in [1.54, 1.807) is 0 Å². The first-order valence-electron chi connectivity index (χ1n) is 3.08. The minimum Gasteiger partial charge on any atom is -0.286 e. The summed E-state index contributed by atoms with van der Waals surface area (Å²) in [5.41, 5.74) is -0.865. The van der Waals surface area contributed by atoms with E-state index in [0.29, 0.717) is 0 Å². The highest BCUT2D eigenvalue weighted by molar-refractivity contribution is 9.10. The second kappa shape index (κ2) is 3.06. The summed E-state index contributed by atoms with van der Waals surface area (Å²) in [6.07, 6.45) is 0. The Balaban J connectivity index is 3.86. The molecule has 0 unspecified atom stereocenters. The zero-order valence-electron chi connectivity index (χ0n) is 6.47. The Hall–Kier alpha value is -0.550. The molecule has 0 aromatic carbocycles. The van der Waals surface area contributed by atoms with Crippen molar-refractivity contribution in [1.82, 2.24) is 9.13 Å². The Labute approximate surface area is 81.5 Å². The Morgan fingerprint density at radius 1 is 1.25 bits per heavy atom. The van der Waals surface area contributed by atoms with Crippen molar-refractivity contribution < 1.29 is 0 Å². The smallest absolute Gasteiger partial charge is 0.286 e. The lowest BCUT2D eigenvalue weighted by Gasteiger charge is -2.04. The van der Waals surface area contributed by atoms with Gasteiger partial charge < -0.3 is 0 Å². The monoisotopic (exact) mass is 252 g/mol. The number of nitrogens with zero attached hydrogens (tertiary/aromatic N) is 2. The minimum absolute atomic E-state index is 0.114. The molecule has 1 aromatic rings. The molecule has 0 radical (unpaired) electrons. The molecule has 4 nitrogen and oxygen atoms in total. The molecule has 12 heavy (non-hydrogen) atoms. The fourth-order valence-corrected chi connectivity index (χ4v) is 1.46. The summed E-state index contributed by atoms with van der Waals surface area (Å²) in [5, 5.41) is 0.114. The maximum atomic E-state index is 11.2. The van der Waals surface area contributed by atoms with Crippen LogP contribution in [0.1, 0.15) is 0 Å². The van der Waals surface area contributed by atoms with Crippen LogP contribution in [-0.4, -0.2) is 9.13 Å². The lowest BCUT2D eigenvalue weighted by atomic mass is 10.6. The Morgan fingerprint density at radius 3 is 2.25 bits per heavy atom. The van der Waals surface area contributed by atoms with Crippen LogP contribution in [0.2, 0.25) is 5.15 Å². The van der Waals surface area contributed by atoms with Crippen LogP contribution >= 0.6 is 27.5 Å². The standard InChI is InChI=1S/C6H6BrClN2O2/c1-9-4(8)3(7)5(11)10(2)6(9)12/h1-2H3. The van der Waals surface area contributed by atoms with Crippen molar-refractivity contribution in [3.8, 4) is 0 Å². The first-order valence-corrected chi connectivity index (χ1v) is 4.25. The zero-order chi connectivity index (χ0) is 9.46. The van der Waals surface area contributed by atoms with E-state index in [1.165, 1.54) is 18.7 Å². The molecule has 0 saturated heterocycles. The fraction of sp³-hybridized carbons (Fsp3) is 0.333. The molecule has 0 aliphatic heterocycles. The van der Waals surface area contributed by atoms with Crippen molar-refractivity contribution in [3.05, 3.63) is 30.5 Å². The topological polar surface area (TPSA) is 44.0 Å². The molecule has 1 rings (SSSR count). The van der Waals surface area contributed by atoms with Crippen LogP contribution in [-0.2, 0) is 14.1 Å². The van der Waals surface area contributed by atoms with Crippen LogP contribution in [0.4, 0.5) is 0 Å². The largest absolute Gasteiger partial charge is 0.331 e. The van der Waals surface area contributed by atoms with E-state index >= 15 is 0 Å². The molecule has 0 N–H and O–H groups in total. The summed E-state index contributed by atoms with van der Waals surface area (Å²) in [4.78, 5) is 22.4. The Kier molecular flexibility index (Phi) is 2.44. The summed E-state index contributed by atoms with van der Waals surface area (Å²) < 4.78 is 2.37. The van der Waals surface area contributed by atoms with Gasteiger partial charge in [0.1, 0.15) is 9.63 Å². The zero-order valence-corrected chi connectivity index (χ0v) is 8.81. The maximum absolute atomic E-state index is 11.2. The average molecular weight is 253 g/mol. The highest BCUT2D eigenvalue weighted by Gasteiger charge is 2.09. The number of hydrogen-bond acceptors (Lipinski definition) is 2. The summed E-state index contributed by atoms with van der Waals surface area (Å²) in [6, 6.07) is 0. The second-order valence-corrected chi connectivity index (χ2v) is 3.46. The maximum Gasteiger partial charge on any atom is 0.331 e. The Morgan fingerprint density at radius 2 is 1.75 bits per heavy atom. The van der Waals surface area contributed by atoms with Gasteiger partial charge in [0.15, 0.2) is 0 Å². The van der Waals surface area contributed by atoms with Gasteiger partial charge in [-0.05, 0) is 15.9 Å². The molecule has 0 atom stereocenters. The van der Waals surface area contributed by atoms with Gasteiger partial charge in [-0.15, -0.1) is 0 Å². The average Bonchev–Trinajstić information content (AvgIpc) is 2.08. The van der Waals surface area contributed by atoms with Crippen molar-refractivity contribution in [2.24, 2.45) is 14.1 Å². The van der Waals surface area contributed by atoms with Gasteiger partial charge >= 0.3 is 5.69 Å².